The van der Waals surface area contributed by atoms with Crippen LogP contribution in [0.25, 0.3) is 0 Å². The van der Waals surface area contributed by atoms with Gasteiger partial charge in [-0.1, -0.05) is 11.6 Å². The van der Waals surface area contributed by atoms with Crippen LogP contribution in [0, 0.1) is 17.6 Å². The molecule has 6 nitrogen and oxygen atoms in total. The lowest BCUT2D eigenvalue weighted by Crippen LogP contribution is -2.54. The summed E-state index contributed by atoms with van der Waals surface area (Å²) in [6, 6.07) is 8.24. The van der Waals surface area contributed by atoms with Gasteiger partial charge in [-0.15, -0.1) is 0 Å². The average Bonchev–Trinajstić information content (AvgIpc) is 2.70. The molecule has 168 valence electrons. The Labute approximate surface area is 184 Å². The molecule has 4 rings (SSSR count). The third-order valence-corrected chi connectivity index (χ3v) is 10.3. The smallest absolute Gasteiger partial charge is 0.254 e. The normalized spacial score (nSPS) is 28.8. The molecule has 1 aliphatic carbocycles. The van der Waals surface area contributed by atoms with Crippen molar-refractivity contribution in [3.05, 3.63) is 64.7 Å². The van der Waals surface area contributed by atoms with Gasteiger partial charge in [0.1, 0.15) is 16.4 Å². The van der Waals surface area contributed by atoms with E-state index in [0.717, 1.165) is 22.5 Å². The van der Waals surface area contributed by atoms with Crippen LogP contribution < -0.4 is 0 Å². The maximum absolute atomic E-state index is 14.9. The number of sulfone groups is 1. The van der Waals surface area contributed by atoms with E-state index >= 15 is 0 Å². The molecular weight excluding hydrogens is 472 g/mol. The summed E-state index contributed by atoms with van der Waals surface area (Å²) in [6.45, 7) is 0.0157. The van der Waals surface area contributed by atoms with Gasteiger partial charge < -0.3 is 0 Å². The van der Waals surface area contributed by atoms with Crippen molar-refractivity contribution in [2.24, 2.45) is 5.92 Å². The molecule has 31 heavy (non-hydrogen) atoms. The summed E-state index contributed by atoms with van der Waals surface area (Å²) in [4.78, 5) is -0.0725. The predicted molar refractivity (Wildman–Crippen MR) is 110 cm³/mol. The van der Waals surface area contributed by atoms with Crippen LogP contribution in [0.5, 0.6) is 0 Å². The third-order valence-electron chi connectivity index (χ3n) is 6.13. The second-order valence-electron chi connectivity index (χ2n) is 7.95. The van der Waals surface area contributed by atoms with Gasteiger partial charge in [0.15, 0.2) is 9.84 Å². The van der Waals surface area contributed by atoms with Gasteiger partial charge >= 0.3 is 10.3 Å². The molecule has 2 fully saturated rings. The molecule has 0 radical (unpaired) electrons. The van der Waals surface area contributed by atoms with E-state index in [9.17, 15) is 25.6 Å². The van der Waals surface area contributed by atoms with E-state index in [1.165, 1.54) is 31.3 Å². The molecule has 1 saturated carbocycles. The van der Waals surface area contributed by atoms with E-state index < -0.39 is 48.5 Å². The van der Waals surface area contributed by atoms with E-state index in [-0.39, 0.29) is 36.3 Å². The Morgan fingerprint density at radius 1 is 1.16 bits per heavy atom. The molecule has 2 aromatic carbocycles. The first kappa shape index (κ1) is 22.6. The molecular formula is C20H20ClF2NO5S2. The fraction of sp³-hybridized carbons (Fsp3) is 0.400. The van der Waals surface area contributed by atoms with Crippen molar-refractivity contribution in [1.29, 1.82) is 0 Å². The SMILES string of the molecule is CN1CC2CC(c3cc(F)ccc3F)(S(=O)(=O)c3ccc(Cl)cc3)CCC2OS1(=O)=O. The Kier molecular flexibility index (Phi) is 5.66. The summed E-state index contributed by atoms with van der Waals surface area (Å²) >= 11 is 5.90. The molecule has 11 heteroatoms. The highest BCUT2D eigenvalue weighted by Gasteiger charge is 2.55. The monoisotopic (exact) mass is 491 g/mol. The molecule has 1 aliphatic heterocycles. The number of rotatable bonds is 3. The molecule has 1 heterocycles. The molecule has 0 N–H and O–H groups in total. The molecule has 2 aliphatic rings. The van der Waals surface area contributed by atoms with Crippen LogP contribution in [-0.4, -0.2) is 40.8 Å². The number of halogens is 3. The summed E-state index contributed by atoms with van der Waals surface area (Å²) in [7, 11) is -6.79. The maximum atomic E-state index is 14.9. The van der Waals surface area contributed by atoms with Crippen molar-refractivity contribution in [3.63, 3.8) is 0 Å². The summed E-state index contributed by atoms with van der Waals surface area (Å²) in [5.41, 5.74) is -0.267. The van der Waals surface area contributed by atoms with Crippen molar-refractivity contribution in [2.45, 2.75) is 35.0 Å². The molecule has 2 aromatic rings. The zero-order valence-corrected chi connectivity index (χ0v) is 18.9. The minimum absolute atomic E-state index is 0.0157. The lowest BCUT2D eigenvalue weighted by atomic mass is 9.75. The zero-order valence-electron chi connectivity index (χ0n) is 16.5. The van der Waals surface area contributed by atoms with Crippen molar-refractivity contribution < 1.29 is 29.8 Å². The van der Waals surface area contributed by atoms with Gasteiger partial charge in [-0.2, -0.15) is 12.7 Å². The number of nitrogens with zero attached hydrogens (tertiary/aromatic N) is 1. The minimum Gasteiger partial charge on any atom is -0.254 e. The standard InChI is InChI=1S/C20H20ClF2NO5S2/c1-24-12-13-11-20(9-8-19(13)29-31(24,27)28,17-10-15(22)4-7-18(17)23)30(25,26)16-5-2-14(21)3-6-16/h2-7,10,13,19H,8-9,11-12H2,1H3. The van der Waals surface area contributed by atoms with Gasteiger partial charge in [0.05, 0.1) is 11.0 Å². The van der Waals surface area contributed by atoms with Gasteiger partial charge in [-0.25, -0.2) is 17.2 Å². The Morgan fingerprint density at radius 2 is 1.84 bits per heavy atom. The fourth-order valence-corrected chi connectivity index (χ4v) is 7.97. The van der Waals surface area contributed by atoms with E-state index in [1.54, 1.807) is 0 Å². The summed E-state index contributed by atoms with van der Waals surface area (Å²) < 4.78 is 85.4. The molecule has 0 amide bonds. The first-order valence-corrected chi connectivity index (χ1v) is 12.8. The van der Waals surface area contributed by atoms with E-state index in [4.69, 9.17) is 15.8 Å². The van der Waals surface area contributed by atoms with Gasteiger partial charge in [0.25, 0.3) is 0 Å². The molecule has 3 unspecified atom stereocenters. The van der Waals surface area contributed by atoms with Crippen LogP contribution in [0.2, 0.25) is 5.02 Å². The Balaban J connectivity index is 1.88. The number of fused-ring (bicyclic) bond motifs is 1. The largest absolute Gasteiger partial charge is 0.338 e. The highest BCUT2D eigenvalue weighted by Crippen LogP contribution is 2.51. The van der Waals surface area contributed by atoms with Crippen molar-refractivity contribution in [2.75, 3.05) is 13.6 Å². The van der Waals surface area contributed by atoms with Crippen LogP contribution in [0.4, 0.5) is 8.78 Å². The molecule has 0 spiro atoms. The van der Waals surface area contributed by atoms with E-state index in [1.807, 2.05) is 0 Å². The van der Waals surface area contributed by atoms with Crippen LogP contribution in [0.3, 0.4) is 0 Å². The van der Waals surface area contributed by atoms with Gasteiger partial charge in [-0.05, 0) is 61.7 Å². The van der Waals surface area contributed by atoms with Crippen molar-refractivity contribution >= 4 is 31.7 Å². The van der Waals surface area contributed by atoms with E-state index in [2.05, 4.69) is 0 Å². The molecule has 3 atom stereocenters. The molecule has 0 aromatic heterocycles. The number of benzene rings is 2. The Morgan fingerprint density at radius 3 is 2.52 bits per heavy atom. The first-order valence-electron chi connectivity index (χ1n) is 9.56. The number of hydrogen-bond donors (Lipinski definition) is 0. The van der Waals surface area contributed by atoms with Gasteiger partial charge in [0, 0.05) is 30.1 Å². The van der Waals surface area contributed by atoms with Crippen molar-refractivity contribution in [3.8, 4) is 0 Å². The van der Waals surface area contributed by atoms with Crippen LogP contribution in [0.1, 0.15) is 24.8 Å². The predicted octanol–water partition coefficient (Wildman–Crippen LogP) is 3.66. The number of hydrogen-bond acceptors (Lipinski definition) is 5. The minimum atomic E-state index is -4.22. The maximum Gasteiger partial charge on any atom is 0.338 e. The van der Waals surface area contributed by atoms with Crippen LogP contribution in [0.15, 0.2) is 47.4 Å². The lowest BCUT2D eigenvalue weighted by molar-refractivity contribution is 0.0370. The summed E-state index contributed by atoms with van der Waals surface area (Å²) in [5.74, 6) is -2.12. The zero-order chi connectivity index (χ0) is 22.6. The van der Waals surface area contributed by atoms with Gasteiger partial charge in [0.2, 0.25) is 0 Å². The summed E-state index contributed by atoms with van der Waals surface area (Å²) in [5, 5.41) is 0.334. The highest BCUT2D eigenvalue weighted by atomic mass is 35.5. The van der Waals surface area contributed by atoms with Crippen molar-refractivity contribution in [1.82, 2.24) is 4.31 Å². The second kappa shape index (κ2) is 7.77. The molecule has 1 saturated heterocycles. The Bertz CT molecular complexity index is 1220. The fourth-order valence-electron chi connectivity index (χ4n) is 4.55. The Hall–Kier alpha value is -1.59. The lowest BCUT2D eigenvalue weighted by Gasteiger charge is -2.47. The van der Waals surface area contributed by atoms with E-state index in [0.29, 0.717) is 5.02 Å². The van der Waals surface area contributed by atoms with Crippen LogP contribution in [-0.2, 0) is 29.1 Å². The molecule has 0 bridgehead atoms. The van der Waals surface area contributed by atoms with Gasteiger partial charge in [-0.3, -0.25) is 4.18 Å². The summed E-state index contributed by atoms with van der Waals surface area (Å²) in [6.07, 6.45) is -0.923. The quantitative estimate of drug-likeness (QED) is 0.654. The highest BCUT2D eigenvalue weighted by molar-refractivity contribution is 7.92. The first-order chi connectivity index (χ1) is 14.5. The third kappa shape index (κ3) is 3.78. The second-order valence-corrected chi connectivity index (χ2v) is 12.3. The average molecular weight is 492 g/mol. The topological polar surface area (TPSA) is 80.8 Å². The van der Waals surface area contributed by atoms with Crippen LogP contribution >= 0.6 is 11.6 Å².